The Morgan fingerprint density at radius 2 is 1.95 bits per heavy atom. The van der Waals surface area contributed by atoms with Gasteiger partial charge in [0.05, 0.1) is 17.9 Å². The molecule has 0 saturated heterocycles. The molecular formula is C13H18IN5. The van der Waals surface area contributed by atoms with Crippen LogP contribution >= 0.6 is 24.0 Å². The Morgan fingerprint density at radius 3 is 2.53 bits per heavy atom. The van der Waals surface area contributed by atoms with Crippen molar-refractivity contribution in [3.63, 3.8) is 0 Å². The van der Waals surface area contributed by atoms with Crippen molar-refractivity contribution < 1.29 is 0 Å². The minimum absolute atomic E-state index is 0. The van der Waals surface area contributed by atoms with Gasteiger partial charge in [0, 0.05) is 5.69 Å². The molecule has 1 heterocycles. The lowest BCUT2D eigenvalue weighted by molar-refractivity contribution is 0.817. The van der Waals surface area contributed by atoms with Crippen LogP contribution in [0.5, 0.6) is 0 Å². The van der Waals surface area contributed by atoms with Gasteiger partial charge in [0.25, 0.3) is 0 Å². The van der Waals surface area contributed by atoms with Crippen molar-refractivity contribution in [1.29, 1.82) is 0 Å². The molecule has 1 aromatic heterocycles. The number of aryl methyl sites for hydroxylation is 2. The number of hydrogen-bond acceptors (Lipinski definition) is 2. The van der Waals surface area contributed by atoms with Crippen LogP contribution in [0, 0.1) is 13.8 Å². The maximum absolute atomic E-state index is 5.37. The van der Waals surface area contributed by atoms with Crippen LogP contribution in [-0.4, -0.2) is 15.7 Å². The molecule has 19 heavy (non-hydrogen) atoms. The second kappa shape index (κ2) is 6.55. The fourth-order valence-corrected chi connectivity index (χ4v) is 1.90. The first-order chi connectivity index (χ1) is 8.58. The predicted octanol–water partition coefficient (Wildman–Crippen LogP) is 1.88. The minimum Gasteiger partial charge on any atom is -0.370 e. The van der Waals surface area contributed by atoms with E-state index in [1.807, 2.05) is 48.9 Å². The number of halogens is 1. The summed E-state index contributed by atoms with van der Waals surface area (Å²) in [6, 6.07) is 9.99. The summed E-state index contributed by atoms with van der Waals surface area (Å²) in [5.74, 6) is 0.0955. The molecule has 102 valence electrons. The van der Waals surface area contributed by atoms with Crippen LogP contribution in [-0.2, 0) is 6.54 Å². The van der Waals surface area contributed by atoms with Gasteiger partial charge in [-0.05, 0) is 31.5 Å². The zero-order valence-corrected chi connectivity index (χ0v) is 13.3. The van der Waals surface area contributed by atoms with Crippen LogP contribution in [0.1, 0.15) is 17.0 Å². The topological polar surface area (TPSA) is 82.2 Å². The smallest absolute Gasteiger partial charge is 0.186 e. The second-order valence-corrected chi connectivity index (χ2v) is 4.21. The maximum atomic E-state index is 5.37. The third-order valence-corrected chi connectivity index (χ3v) is 2.66. The van der Waals surface area contributed by atoms with Gasteiger partial charge in [-0.25, -0.2) is 9.67 Å². The zero-order valence-electron chi connectivity index (χ0n) is 11.0. The molecule has 0 bridgehead atoms. The van der Waals surface area contributed by atoms with Gasteiger partial charge in [-0.1, -0.05) is 18.2 Å². The number of aromatic nitrogens is 2. The van der Waals surface area contributed by atoms with Crippen LogP contribution in [0.3, 0.4) is 0 Å². The Morgan fingerprint density at radius 1 is 1.26 bits per heavy atom. The number of nitrogens with two attached hydrogens (primary N) is 2. The highest BCUT2D eigenvalue weighted by Gasteiger charge is 2.07. The lowest BCUT2D eigenvalue weighted by atomic mass is 10.2. The second-order valence-electron chi connectivity index (χ2n) is 4.21. The Balaban J connectivity index is 0.00000180. The van der Waals surface area contributed by atoms with Gasteiger partial charge in [0.2, 0.25) is 0 Å². The van der Waals surface area contributed by atoms with E-state index in [9.17, 15) is 0 Å². The van der Waals surface area contributed by atoms with Crippen LogP contribution < -0.4 is 11.5 Å². The monoisotopic (exact) mass is 371 g/mol. The molecule has 0 aliphatic rings. The zero-order chi connectivity index (χ0) is 13.1. The summed E-state index contributed by atoms with van der Waals surface area (Å²) in [6.45, 7) is 4.45. The first-order valence-corrected chi connectivity index (χ1v) is 5.75. The third kappa shape index (κ3) is 3.69. The van der Waals surface area contributed by atoms with Gasteiger partial charge < -0.3 is 11.5 Å². The number of rotatable bonds is 3. The van der Waals surface area contributed by atoms with Crippen molar-refractivity contribution in [2.45, 2.75) is 20.4 Å². The molecule has 5 nitrogen and oxygen atoms in total. The number of guanidine groups is 1. The fraction of sp³-hybridized carbons (Fsp3) is 0.231. The highest BCUT2D eigenvalue weighted by atomic mass is 127. The van der Waals surface area contributed by atoms with E-state index >= 15 is 0 Å². The molecule has 6 heteroatoms. The van der Waals surface area contributed by atoms with E-state index in [0.29, 0.717) is 6.54 Å². The lowest BCUT2D eigenvalue weighted by Gasteiger charge is -2.09. The summed E-state index contributed by atoms with van der Waals surface area (Å²) in [5.41, 5.74) is 14.9. The fourth-order valence-electron chi connectivity index (χ4n) is 1.90. The van der Waals surface area contributed by atoms with Gasteiger partial charge in [-0.15, -0.1) is 24.0 Å². The van der Waals surface area contributed by atoms with Crippen molar-refractivity contribution in [1.82, 2.24) is 9.78 Å². The Hall–Kier alpha value is -1.57. The molecule has 2 rings (SSSR count). The van der Waals surface area contributed by atoms with Crippen LogP contribution in [0.4, 0.5) is 0 Å². The molecule has 0 atom stereocenters. The molecule has 0 spiro atoms. The summed E-state index contributed by atoms with van der Waals surface area (Å²) >= 11 is 0. The van der Waals surface area contributed by atoms with E-state index in [-0.39, 0.29) is 29.9 Å². The van der Waals surface area contributed by atoms with Gasteiger partial charge in [0.15, 0.2) is 5.96 Å². The Labute approximate surface area is 129 Å². The van der Waals surface area contributed by atoms with Gasteiger partial charge in [-0.3, -0.25) is 0 Å². The lowest BCUT2D eigenvalue weighted by Crippen LogP contribution is -2.22. The summed E-state index contributed by atoms with van der Waals surface area (Å²) in [7, 11) is 0. The molecular weight excluding hydrogens is 353 g/mol. The van der Waals surface area contributed by atoms with Crippen molar-refractivity contribution in [2.24, 2.45) is 16.5 Å². The molecule has 2 aromatic rings. The quantitative estimate of drug-likeness (QED) is 0.491. The van der Waals surface area contributed by atoms with Crippen molar-refractivity contribution >= 4 is 29.9 Å². The minimum atomic E-state index is 0. The van der Waals surface area contributed by atoms with E-state index in [1.54, 1.807) is 0 Å². The standard InChI is InChI=1S/C13H17N5.HI/c1-9-7-10(2)18(17-9)12-6-4-3-5-11(12)8-16-13(14)15;/h3-7H,8H2,1-2H3,(H4,14,15,16);1H. The Bertz CT molecular complexity index is 584. The number of benzene rings is 1. The largest absolute Gasteiger partial charge is 0.370 e. The first-order valence-electron chi connectivity index (χ1n) is 5.75. The number of para-hydroxylation sites is 1. The SMILES string of the molecule is Cc1cc(C)n(-c2ccccc2CN=C(N)N)n1.I. The first kappa shape index (κ1) is 15.5. The molecule has 0 aliphatic heterocycles. The number of hydrogen-bond donors (Lipinski definition) is 2. The van der Waals surface area contributed by atoms with E-state index in [1.165, 1.54) is 0 Å². The third-order valence-electron chi connectivity index (χ3n) is 2.66. The van der Waals surface area contributed by atoms with Gasteiger partial charge in [0.1, 0.15) is 0 Å². The van der Waals surface area contributed by atoms with Crippen LogP contribution in [0.15, 0.2) is 35.3 Å². The number of aliphatic imine (C=N–C) groups is 1. The van der Waals surface area contributed by atoms with E-state index < -0.39 is 0 Å². The van der Waals surface area contributed by atoms with Crippen LogP contribution in [0.25, 0.3) is 5.69 Å². The Kier molecular flexibility index (Phi) is 5.34. The van der Waals surface area contributed by atoms with Crippen molar-refractivity contribution in [3.05, 3.63) is 47.3 Å². The average molecular weight is 371 g/mol. The van der Waals surface area contributed by atoms with Crippen LogP contribution in [0.2, 0.25) is 0 Å². The van der Waals surface area contributed by atoms with E-state index in [0.717, 1.165) is 22.6 Å². The highest BCUT2D eigenvalue weighted by Crippen LogP contribution is 2.17. The summed E-state index contributed by atoms with van der Waals surface area (Å²) in [5, 5.41) is 4.47. The summed E-state index contributed by atoms with van der Waals surface area (Å²) in [4.78, 5) is 4.05. The van der Waals surface area contributed by atoms with Crippen molar-refractivity contribution in [2.75, 3.05) is 0 Å². The molecule has 0 aliphatic carbocycles. The predicted molar refractivity (Wildman–Crippen MR) is 88.0 cm³/mol. The molecule has 0 amide bonds. The highest BCUT2D eigenvalue weighted by molar-refractivity contribution is 14.0. The van der Waals surface area contributed by atoms with Gasteiger partial charge >= 0.3 is 0 Å². The molecule has 0 radical (unpaired) electrons. The maximum Gasteiger partial charge on any atom is 0.186 e. The normalized spacial score (nSPS) is 9.79. The average Bonchev–Trinajstić information content (AvgIpc) is 2.66. The van der Waals surface area contributed by atoms with Gasteiger partial charge in [-0.2, -0.15) is 5.10 Å². The van der Waals surface area contributed by atoms with E-state index in [2.05, 4.69) is 10.1 Å². The molecule has 0 unspecified atom stereocenters. The molecule has 1 aromatic carbocycles. The van der Waals surface area contributed by atoms with E-state index in [4.69, 9.17) is 11.5 Å². The number of nitrogens with zero attached hydrogens (tertiary/aromatic N) is 3. The van der Waals surface area contributed by atoms with Crippen molar-refractivity contribution in [3.8, 4) is 5.69 Å². The molecule has 4 N–H and O–H groups in total. The molecule has 0 fully saturated rings. The summed E-state index contributed by atoms with van der Waals surface area (Å²) < 4.78 is 1.91. The summed E-state index contributed by atoms with van der Waals surface area (Å²) in [6.07, 6.45) is 0. The molecule has 0 saturated carbocycles.